The lowest BCUT2D eigenvalue weighted by atomic mass is 9.92. The minimum absolute atomic E-state index is 0.0137. The van der Waals surface area contributed by atoms with Crippen LogP contribution in [-0.2, 0) is 9.47 Å². The summed E-state index contributed by atoms with van der Waals surface area (Å²) < 4.78 is 10.1. The fraction of sp³-hybridized carbons (Fsp3) is 0.312. The number of carbonyl (C=O) groups excluding carboxylic acids is 1. The van der Waals surface area contributed by atoms with E-state index in [0.717, 1.165) is 5.70 Å². The van der Waals surface area contributed by atoms with Gasteiger partial charge in [0, 0.05) is 17.8 Å². The van der Waals surface area contributed by atoms with E-state index in [2.05, 4.69) is 5.32 Å². The maximum Gasteiger partial charge on any atom is 0.513 e. The number of carbonyl (C=O) groups is 1. The Hall–Kier alpha value is -2.83. The fourth-order valence-corrected chi connectivity index (χ4v) is 2.41. The molecule has 0 saturated heterocycles. The SMILES string of the molecule is CCOC(=O)OC1=C(C)NC(C)=CC1c1cccc([N+](=O)[O-])c1. The molecule has 1 aliphatic rings. The standard InChI is InChI=1S/C16H18N2O5/c1-4-22-16(19)23-15-11(3)17-10(2)8-14(15)12-6-5-7-13(9-12)18(20)21/h5-9,14,17H,4H2,1-3H3. The van der Waals surface area contributed by atoms with E-state index < -0.39 is 17.0 Å². The first-order valence-corrected chi connectivity index (χ1v) is 7.17. The van der Waals surface area contributed by atoms with Crippen LogP contribution in [0, 0.1) is 10.1 Å². The highest BCUT2D eigenvalue weighted by Crippen LogP contribution is 2.34. The van der Waals surface area contributed by atoms with E-state index in [1.807, 2.05) is 13.0 Å². The monoisotopic (exact) mass is 318 g/mol. The number of nitrogens with zero attached hydrogens (tertiary/aromatic N) is 1. The molecule has 23 heavy (non-hydrogen) atoms. The molecule has 0 amide bonds. The fourth-order valence-electron chi connectivity index (χ4n) is 2.41. The van der Waals surface area contributed by atoms with Gasteiger partial charge in [0.05, 0.1) is 23.1 Å². The van der Waals surface area contributed by atoms with Crippen LogP contribution in [-0.4, -0.2) is 17.7 Å². The molecule has 7 nitrogen and oxygen atoms in total. The maximum atomic E-state index is 11.7. The summed E-state index contributed by atoms with van der Waals surface area (Å²) in [4.78, 5) is 22.2. The van der Waals surface area contributed by atoms with Gasteiger partial charge in [-0.2, -0.15) is 0 Å². The van der Waals surface area contributed by atoms with Crippen molar-refractivity contribution in [2.75, 3.05) is 6.61 Å². The van der Waals surface area contributed by atoms with Crippen molar-refractivity contribution in [3.05, 3.63) is 63.2 Å². The van der Waals surface area contributed by atoms with Crippen LogP contribution in [0.3, 0.4) is 0 Å². The highest BCUT2D eigenvalue weighted by molar-refractivity contribution is 5.62. The largest absolute Gasteiger partial charge is 0.513 e. The van der Waals surface area contributed by atoms with Crippen molar-refractivity contribution in [3.63, 3.8) is 0 Å². The van der Waals surface area contributed by atoms with E-state index in [1.165, 1.54) is 12.1 Å². The summed E-state index contributed by atoms with van der Waals surface area (Å²) in [6.07, 6.45) is 1.05. The van der Waals surface area contributed by atoms with Crippen LogP contribution in [0.5, 0.6) is 0 Å². The van der Waals surface area contributed by atoms with Crippen LogP contribution in [0.4, 0.5) is 10.5 Å². The summed E-state index contributed by atoms with van der Waals surface area (Å²) in [5.41, 5.74) is 2.18. The number of dihydropyridines is 1. The highest BCUT2D eigenvalue weighted by Gasteiger charge is 2.26. The third kappa shape index (κ3) is 3.88. The quantitative estimate of drug-likeness (QED) is 0.518. The molecule has 2 rings (SSSR count). The van der Waals surface area contributed by atoms with E-state index >= 15 is 0 Å². The van der Waals surface area contributed by atoms with Gasteiger partial charge in [-0.25, -0.2) is 4.79 Å². The molecular formula is C16H18N2O5. The summed E-state index contributed by atoms with van der Waals surface area (Å²) in [5, 5.41) is 14.1. The van der Waals surface area contributed by atoms with Crippen molar-refractivity contribution < 1.29 is 19.2 Å². The number of non-ortho nitro benzene ring substituents is 1. The van der Waals surface area contributed by atoms with Gasteiger partial charge in [0.2, 0.25) is 0 Å². The molecule has 0 aliphatic carbocycles. The Kier molecular flexibility index (Phi) is 5.00. The molecule has 1 aromatic carbocycles. The molecule has 0 aromatic heterocycles. The predicted octanol–water partition coefficient (Wildman–Crippen LogP) is 3.59. The maximum absolute atomic E-state index is 11.7. The molecular weight excluding hydrogens is 300 g/mol. The second-order valence-electron chi connectivity index (χ2n) is 5.08. The zero-order valence-electron chi connectivity index (χ0n) is 13.2. The molecule has 7 heteroatoms. The normalized spacial score (nSPS) is 17.2. The zero-order valence-corrected chi connectivity index (χ0v) is 13.2. The molecule has 1 aromatic rings. The Morgan fingerprint density at radius 2 is 2.13 bits per heavy atom. The van der Waals surface area contributed by atoms with Gasteiger partial charge in [0.1, 0.15) is 5.76 Å². The number of ether oxygens (including phenoxy) is 2. The molecule has 1 N–H and O–H groups in total. The van der Waals surface area contributed by atoms with Crippen LogP contribution < -0.4 is 5.32 Å². The lowest BCUT2D eigenvalue weighted by Crippen LogP contribution is -2.23. The van der Waals surface area contributed by atoms with Gasteiger partial charge in [-0.1, -0.05) is 18.2 Å². The molecule has 1 aliphatic heterocycles. The summed E-state index contributed by atoms with van der Waals surface area (Å²) in [6.45, 7) is 5.53. The summed E-state index contributed by atoms with van der Waals surface area (Å²) in [6, 6.07) is 6.26. The third-order valence-electron chi connectivity index (χ3n) is 3.35. The van der Waals surface area contributed by atoms with Crippen LogP contribution in [0.25, 0.3) is 0 Å². The summed E-state index contributed by atoms with van der Waals surface area (Å²) >= 11 is 0. The molecule has 1 heterocycles. The smallest absolute Gasteiger partial charge is 0.434 e. The van der Waals surface area contributed by atoms with E-state index in [9.17, 15) is 14.9 Å². The molecule has 0 saturated carbocycles. The van der Waals surface area contributed by atoms with E-state index in [-0.39, 0.29) is 12.3 Å². The Bertz CT molecular complexity index is 693. The van der Waals surface area contributed by atoms with Crippen LogP contribution in [0.2, 0.25) is 0 Å². The minimum Gasteiger partial charge on any atom is -0.434 e. The molecule has 122 valence electrons. The number of nitrogens with one attached hydrogen (secondary N) is 1. The van der Waals surface area contributed by atoms with Gasteiger partial charge in [-0.3, -0.25) is 10.1 Å². The Morgan fingerprint density at radius 3 is 2.78 bits per heavy atom. The molecule has 1 atom stereocenters. The second-order valence-corrected chi connectivity index (χ2v) is 5.08. The minimum atomic E-state index is -0.799. The van der Waals surface area contributed by atoms with Crippen LogP contribution in [0.15, 0.2) is 47.5 Å². The Labute approximate surface area is 133 Å². The van der Waals surface area contributed by atoms with Gasteiger partial charge in [0.25, 0.3) is 5.69 Å². The molecule has 0 spiro atoms. The van der Waals surface area contributed by atoms with E-state index in [1.54, 1.807) is 26.0 Å². The van der Waals surface area contributed by atoms with Crippen LogP contribution in [0.1, 0.15) is 32.3 Å². The number of nitro groups is 1. The second kappa shape index (κ2) is 6.95. The lowest BCUT2D eigenvalue weighted by molar-refractivity contribution is -0.384. The van der Waals surface area contributed by atoms with Crippen molar-refractivity contribution in [1.29, 1.82) is 0 Å². The number of hydrogen-bond acceptors (Lipinski definition) is 6. The molecule has 1 unspecified atom stereocenters. The summed E-state index contributed by atoms with van der Waals surface area (Å²) in [7, 11) is 0. The van der Waals surface area contributed by atoms with E-state index in [4.69, 9.17) is 9.47 Å². The van der Waals surface area contributed by atoms with Gasteiger partial charge in [-0.15, -0.1) is 0 Å². The topological polar surface area (TPSA) is 90.7 Å². The first-order valence-electron chi connectivity index (χ1n) is 7.17. The predicted molar refractivity (Wildman–Crippen MR) is 83.5 cm³/mol. The van der Waals surface area contributed by atoms with Gasteiger partial charge in [0.15, 0.2) is 0 Å². The van der Waals surface area contributed by atoms with Crippen LogP contribution >= 0.6 is 0 Å². The van der Waals surface area contributed by atoms with Gasteiger partial charge >= 0.3 is 6.16 Å². The van der Waals surface area contributed by atoms with Gasteiger partial charge in [-0.05, 0) is 26.3 Å². The first-order chi connectivity index (χ1) is 10.9. The number of nitro benzene ring substituents is 1. The Balaban J connectivity index is 2.39. The van der Waals surface area contributed by atoms with E-state index in [0.29, 0.717) is 17.0 Å². The van der Waals surface area contributed by atoms with Crippen molar-refractivity contribution >= 4 is 11.8 Å². The Morgan fingerprint density at radius 1 is 1.39 bits per heavy atom. The molecule has 0 fully saturated rings. The van der Waals surface area contributed by atoms with Gasteiger partial charge < -0.3 is 14.8 Å². The van der Waals surface area contributed by atoms with Crippen molar-refractivity contribution in [1.82, 2.24) is 5.32 Å². The number of benzene rings is 1. The highest BCUT2D eigenvalue weighted by atomic mass is 16.7. The number of hydrogen-bond donors (Lipinski definition) is 1. The van der Waals surface area contributed by atoms with Crippen molar-refractivity contribution in [3.8, 4) is 0 Å². The number of allylic oxidation sites excluding steroid dienone is 3. The molecule has 0 bridgehead atoms. The van der Waals surface area contributed by atoms with Crippen molar-refractivity contribution in [2.24, 2.45) is 0 Å². The lowest BCUT2D eigenvalue weighted by Gasteiger charge is -2.25. The van der Waals surface area contributed by atoms with Crippen molar-refractivity contribution in [2.45, 2.75) is 26.7 Å². The third-order valence-corrected chi connectivity index (χ3v) is 3.35. The zero-order chi connectivity index (χ0) is 17.0. The molecule has 0 radical (unpaired) electrons. The average molecular weight is 318 g/mol. The average Bonchev–Trinajstić information content (AvgIpc) is 2.50. The first kappa shape index (κ1) is 16.5. The number of rotatable bonds is 4. The summed E-state index contributed by atoms with van der Waals surface area (Å²) in [5.74, 6) is -0.0323.